The van der Waals surface area contributed by atoms with Crippen molar-refractivity contribution >= 4 is 33.9 Å². The van der Waals surface area contributed by atoms with Crippen LogP contribution in [0.3, 0.4) is 0 Å². The van der Waals surface area contributed by atoms with E-state index in [4.69, 9.17) is 12.2 Å². The molecule has 0 amide bonds. The van der Waals surface area contributed by atoms with Crippen molar-refractivity contribution in [3.63, 3.8) is 0 Å². The van der Waals surface area contributed by atoms with Gasteiger partial charge < -0.3 is 5.32 Å². The lowest BCUT2D eigenvalue weighted by atomic mass is 10.1. The van der Waals surface area contributed by atoms with E-state index in [2.05, 4.69) is 49.5 Å². The molecule has 1 nitrogen and oxygen atoms in total. The van der Waals surface area contributed by atoms with Crippen molar-refractivity contribution in [3.05, 3.63) is 42.0 Å². The molecule has 122 valence electrons. The molecule has 0 heterocycles. The van der Waals surface area contributed by atoms with Gasteiger partial charge in [-0.2, -0.15) is 0 Å². The van der Waals surface area contributed by atoms with E-state index in [1.807, 2.05) is 6.07 Å². The molecule has 1 rings (SSSR count). The van der Waals surface area contributed by atoms with Crippen LogP contribution in [0.1, 0.15) is 57.9 Å². The average Bonchev–Trinajstić information content (AvgIpc) is 2.55. The zero-order valence-corrected chi connectivity index (χ0v) is 15.6. The molecular weight excluding hydrogens is 306 g/mol. The maximum Gasteiger partial charge on any atom is 0.0726 e. The van der Waals surface area contributed by atoms with E-state index in [0.717, 1.165) is 22.2 Å². The van der Waals surface area contributed by atoms with Crippen molar-refractivity contribution < 1.29 is 0 Å². The molecular formula is C19H29NS2. The summed E-state index contributed by atoms with van der Waals surface area (Å²) < 4.78 is 0.986. The molecule has 3 heteroatoms. The van der Waals surface area contributed by atoms with E-state index in [1.165, 1.54) is 44.1 Å². The Morgan fingerprint density at radius 2 is 1.77 bits per heavy atom. The quantitative estimate of drug-likeness (QED) is 0.300. The van der Waals surface area contributed by atoms with Gasteiger partial charge in [-0.25, -0.2) is 0 Å². The molecule has 0 aromatic heterocycles. The van der Waals surface area contributed by atoms with Gasteiger partial charge in [0.1, 0.15) is 0 Å². The monoisotopic (exact) mass is 335 g/mol. The second-order valence-corrected chi connectivity index (χ2v) is 7.27. The number of benzene rings is 1. The summed E-state index contributed by atoms with van der Waals surface area (Å²) in [5.74, 6) is 1.13. The first-order valence-corrected chi connectivity index (χ1v) is 9.85. The molecule has 1 aromatic rings. The Balaban J connectivity index is 2.55. The van der Waals surface area contributed by atoms with E-state index in [9.17, 15) is 0 Å². The van der Waals surface area contributed by atoms with Crippen molar-refractivity contribution in [2.24, 2.45) is 0 Å². The number of hydrogen-bond acceptors (Lipinski definition) is 3. The third kappa shape index (κ3) is 8.60. The fraction of sp³-hybridized carbons (Fsp3) is 0.526. The molecule has 0 saturated heterocycles. The van der Waals surface area contributed by atoms with Gasteiger partial charge in [0, 0.05) is 12.2 Å². The number of thioether (sulfide) groups is 1. The van der Waals surface area contributed by atoms with Crippen LogP contribution in [0.5, 0.6) is 0 Å². The first-order chi connectivity index (χ1) is 10.8. The highest BCUT2D eigenvalue weighted by molar-refractivity contribution is 8.23. The van der Waals surface area contributed by atoms with Crippen LogP contribution in [0.25, 0.3) is 5.70 Å². The van der Waals surface area contributed by atoms with Gasteiger partial charge in [-0.05, 0) is 30.2 Å². The highest BCUT2D eigenvalue weighted by atomic mass is 32.2. The number of unbranched alkanes of at least 4 members (excludes halogenated alkanes) is 4. The third-order valence-electron chi connectivity index (χ3n) is 3.43. The van der Waals surface area contributed by atoms with Gasteiger partial charge in [0.05, 0.1) is 4.20 Å². The van der Waals surface area contributed by atoms with Crippen molar-refractivity contribution in [1.82, 2.24) is 5.32 Å². The summed E-state index contributed by atoms with van der Waals surface area (Å²) in [4.78, 5) is 0. The Bertz CT molecular complexity index is 440. The number of thiocarbonyl (C=S) groups is 1. The van der Waals surface area contributed by atoms with Crippen LogP contribution in [0.4, 0.5) is 0 Å². The van der Waals surface area contributed by atoms with Gasteiger partial charge >= 0.3 is 0 Å². The van der Waals surface area contributed by atoms with Crippen molar-refractivity contribution in [2.75, 3.05) is 12.3 Å². The molecule has 0 atom stereocenters. The first kappa shape index (κ1) is 19.2. The first-order valence-electron chi connectivity index (χ1n) is 8.45. The zero-order valence-electron chi connectivity index (χ0n) is 13.9. The molecule has 0 saturated carbocycles. The lowest BCUT2D eigenvalue weighted by Gasteiger charge is -2.11. The molecule has 0 spiro atoms. The molecule has 0 radical (unpaired) electrons. The van der Waals surface area contributed by atoms with Crippen LogP contribution in [-0.4, -0.2) is 16.5 Å². The Labute approximate surface area is 146 Å². The summed E-state index contributed by atoms with van der Waals surface area (Å²) in [6.45, 7) is 5.46. The normalized spacial score (nSPS) is 11.5. The van der Waals surface area contributed by atoms with E-state index in [-0.39, 0.29) is 0 Å². The van der Waals surface area contributed by atoms with Crippen LogP contribution in [0.2, 0.25) is 0 Å². The Morgan fingerprint density at radius 3 is 2.45 bits per heavy atom. The number of rotatable bonds is 11. The molecule has 22 heavy (non-hydrogen) atoms. The number of hydrogen-bond donors (Lipinski definition) is 1. The molecule has 1 aromatic carbocycles. The maximum atomic E-state index is 5.53. The molecule has 0 fully saturated rings. The predicted molar refractivity (Wildman–Crippen MR) is 107 cm³/mol. The van der Waals surface area contributed by atoms with E-state index >= 15 is 0 Å². The third-order valence-corrected chi connectivity index (χ3v) is 4.80. The second-order valence-electron chi connectivity index (χ2n) is 5.43. The molecule has 1 N–H and O–H groups in total. The highest BCUT2D eigenvalue weighted by Crippen LogP contribution is 2.16. The maximum absolute atomic E-state index is 5.53. The summed E-state index contributed by atoms with van der Waals surface area (Å²) in [6.07, 6.45) is 9.70. The second kappa shape index (κ2) is 12.7. The van der Waals surface area contributed by atoms with Gasteiger partial charge in [0.15, 0.2) is 0 Å². The zero-order chi connectivity index (χ0) is 16.0. The standard InChI is InChI=1S/C19H29NS2/c1-3-5-7-11-15-22-19(21)16-18(20-14-6-4-2)17-12-9-8-10-13-17/h8-10,12-13,16,20H,3-7,11,14-15H2,1-2H3/b18-16-. The molecule has 0 unspecified atom stereocenters. The lowest BCUT2D eigenvalue weighted by Crippen LogP contribution is -2.14. The van der Waals surface area contributed by atoms with Crippen LogP contribution in [0, 0.1) is 0 Å². The largest absolute Gasteiger partial charge is 0.385 e. The van der Waals surface area contributed by atoms with Crippen LogP contribution >= 0.6 is 24.0 Å². The van der Waals surface area contributed by atoms with Gasteiger partial charge in [0.2, 0.25) is 0 Å². The van der Waals surface area contributed by atoms with Gasteiger partial charge in [-0.3, -0.25) is 0 Å². The molecule has 0 aliphatic heterocycles. The average molecular weight is 336 g/mol. The summed E-state index contributed by atoms with van der Waals surface area (Å²) >= 11 is 7.34. The Hall–Kier alpha value is -0.800. The summed E-state index contributed by atoms with van der Waals surface area (Å²) in [7, 11) is 0. The van der Waals surface area contributed by atoms with Gasteiger partial charge in [0.25, 0.3) is 0 Å². The van der Waals surface area contributed by atoms with E-state index in [0.29, 0.717) is 0 Å². The van der Waals surface area contributed by atoms with Crippen molar-refractivity contribution in [2.45, 2.75) is 52.4 Å². The number of nitrogens with one attached hydrogen (secondary N) is 1. The summed E-state index contributed by atoms with van der Waals surface area (Å²) in [6, 6.07) is 10.5. The summed E-state index contributed by atoms with van der Waals surface area (Å²) in [5.41, 5.74) is 2.37. The highest BCUT2D eigenvalue weighted by Gasteiger charge is 2.03. The minimum Gasteiger partial charge on any atom is -0.385 e. The summed E-state index contributed by atoms with van der Waals surface area (Å²) in [5, 5.41) is 3.54. The predicted octanol–water partition coefficient (Wildman–Crippen LogP) is 6.06. The van der Waals surface area contributed by atoms with Crippen molar-refractivity contribution in [1.29, 1.82) is 0 Å². The minimum absolute atomic E-state index is 0.986. The molecule has 0 aliphatic carbocycles. The lowest BCUT2D eigenvalue weighted by molar-refractivity contribution is 0.707. The van der Waals surface area contributed by atoms with Gasteiger partial charge in [-0.15, -0.1) is 11.8 Å². The van der Waals surface area contributed by atoms with Gasteiger partial charge in [-0.1, -0.05) is 82.1 Å². The van der Waals surface area contributed by atoms with E-state index in [1.54, 1.807) is 11.8 Å². The SMILES string of the molecule is CCCCCCSC(=S)/C=C(\NCCCC)c1ccccc1. The van der Waals surface area contributed by atoms with Crippen molar-refractivity contribution in [3.8, 4) is 0 Å². The van der Waals surface area contributed by atoms with Crippen LogP contribution < -0.4 is 5.32 Å². The van der Waals surface area contributed by atoms with Crippen LogP contribution in [-0.2, 0) is 0 Å². The Kier molecular flexibility index (Phi) is 11.1. The van der Waals surface area contributed by atoms with Crippen LogP contribution in [0.15, 0.2) is 36.4 Å². The molecule has 0 aliphatic rings. The minimum atomic E-state index is 0.986. The van der Waals surface area contributed by atoms with E-state index < -0.39 is 0 Å². The Morgan fingerprint density at radius 1 is 1.05 bits per heavy atom. The topological polar surface area (TPSA) is 12.0 Å². The smallest absolute Gasteiger partial charge is 0.0726 e. The fourth-order valence-electron chi connectivity index (χ4n) is 2.12. The molecule has 0 bridgehead atoms. The fourth-order valence-corrected chi connectivity index (χ4v) is 3.23.